The first-order chi connectivity index (χ1) is 8.11. The summed E-state index contributed by atoms with van der Waals surface area (Å²) < 4.78 is 0. The fourth-order valence-electron chi connectivity index (χ4n) is 1.47. The van der Waals surface area contributed by atoms with Gasteiger partial charge in [-0.15, -0.1) is 0 Å². The predicted octanol–water partition coefficient (Wildman–Crippen LogP) is 0.505. The Bertz CT molecular complexity index is 231. The summed E-state index contributed by atoms with van der Waals surface area (Å²) in [7, 11) is 0. The standard InChI is InChI=1S/C12H25N3O2.2H2/c1-4-13-6-8-15(9-7-14-5-2)12(17)10-11(3)16;;/h13-14H,4-10H2,1-3H3;2*1H. The van der Waals surface area contributed by atoms with Crippen molar-refractivity contribution >= 4 is 11.7 Å². The highest BCUT2D eigenvalue weighted by Gasteiger charge is 2.14. The van der Waals surface area contributed by atoms with Gasteiger partial charge in [-0.3, -0.25) is 9.59 Å². The second-order valence-electron chi connectivity index (χ2n) is 3.97. The van der Waals surface area contributed by atoms with E-state index in [9.17, 15) is 9.59 Å². The fraction of sp³-hybridized carbons (Fsp3) is 0.833. The molecule has 0 saturated carbocycles. The number of carbonyl (C=O) groups excluding carboxylic acids is 2. The minimum atomic E-state index is -0.0769. The molecule has 0 aliphatic heterocycles. The van der Waals surface area contributed by atoms with Gasteiger partial charge in [0.05, 0.1) is 6.42 Å². The first kappa shape index (κ1) is 16.1. The van der Waals surface area contributed by atoms with E-state index < -0.39 is 0 Å². The summed E-state index contributed by atoms with van der Waals surface area (Å²) >= 11 is 0. The van der Waals surface area contributed by atoms with Crippen molar-refractivity contribution in [3.8, 4) is 0 Å². The lowest BCUT2D eigenvalue weighted by atomic mass is 10.2. The van der Waals surface area contributed by atoms with Crippen LogP contribution in [0, 0.1) is 0 Å². The van der Waals surface area contributed by atoms with Gasteiger partial charge in [-0.1, -0.05) is 13.8 Å². The molecule has 5 nitrogen and oxygen atoms in total. The molecule has 0 radical (unpaired) electrons. The molecule has 0 unspecified atom stereocenters. The largest absolute Gasteiger partial charge is 0.340 e. The average molecular weight is 247 g/mol. The normalized spacial score (nSPS) is 10.3. The average Bonchev–Trinajstić information content (AvgIpc) is 2.26. The number of amides is 1. The molecule has 0 aromatic heterocycles. The molecule has 0 heterocycles. The smallest absolute Gasteiger partial charge is 0.230 e. The molecular weight excluding hydrogens is 218 g/mol. The molecule has 0 saturated heterocycles. The third kappa shape index (κ3) is 8.83. The van der Waals surface area contributed by atoms with Crippen LogP contribution in [0.2, 0.25) is 0 Å². The number of nitrogens with zero attached hydrogens (tertiary/aromatic N) is 1. The molecule has 0 spiro atoms. The first-order valence-corrected chi connectivity index (χ1v) is 6.30. The summed E-state index contributed by atoms with van der Waals surface area (Å²) in [6.07, 6.45) is 0.0122. The van der Waals surface area contributed by atoms with E-state index in [0.29, 0.717) is 13.1 Å². The van der Waals surface area contributed by atoms with Crippen molar-refractivity contribution in [1.29, 1.82) is 0 Å². The Hall–Kier alpha value is -0.940. The zero-order valence-electron chi connectivity index (χ0n) is 11.2. The van der Waals surface area contributed by atoms with Crippen molar-refractivity contribution in [2.75, 3.05) is 39.3 Å². The Morgan fingerprint density at radius 1 is 1.06 bits per heavy atom. The monoisotopic (exact) mass is 247 g/mol. The van der Waals surface area contributed by atoms with Gasteiger partial charge in [0, 0.05) is 29.0 Å². The number of hydrogen-bond donors (Lipinski definition) is 2. The van der Waals surface area contributed by atoms with Crippen molar-refractivity contribution in [3.63, 3.8) is 0 Å². The van der Waals surface area contributed by atoms with Crippen LogP contribution in [-0.4, -0.2) is 55.9 Å². The second-order valence-corrected chi connectivity index (χ2v) is 3.97. The van der Waals surface area contributed by atoms with E-state index in [1.807, 2.05) is 13.8 Å². The third-order valence-corrected chi connectivity index (χ3v) is 2.37. The molecule has 0 aromatic carbocycles. The molecule has 0 aromatic rings. The lowest BCUT2D eigenvalue weighted by molar-refractivity contribution is -0.134. The lowest BCUT2D eigenvalue weighted by Crippen LogP contribution is -2.41. The van der Waals surface area contributed by atoms with Crippen molar-refractivity contribution in [2.24, 2.45) is 0 Å². The molecule has 0 bridgehead atoms. The third-order valence-electron chi connectivity index (χ3n) is 2.37. The maximum absolute atomic E-state index is 11.8. The molecule has 0 rings (SSSR count). The summed E-state index contributed by atoms with van der Waals surface area (Å²) in [6, 6.07) is 0. The van der Waals surface area contributed by atoms with Gasteiger partial charge in [-0.2, -0.15) is 0 Å². The molecule has 1 amide bonds. The number of carbonyl (C=O) groups is 2. The zero-order chi connectivity index (χ0) is 13.1. The van der Waals surface area contributed by atoms with Gasteiger partial charge in [-0.25, -0.2) is 0 Å². The number of Topliss-reactive ketones (excluding diaryl/α,β-unsaturated/α-hetero) is 1. The van der Waals surface area contributed by atoms with E-state index in [4.69, 9.17) is 0 Å². The topological polar surface area (TPSA) is 61.4 Å². The molecule has 17 heavy (non-hydrogen) atoms. The second kappa shape index (κ2) is 10.2. The lowest BCUT2D eigenvalue weighted by Gasteiger charge is -2.22. The molecular formula is C12H29N3O2. The van der Waals surface area contributed by atoms with Gasteiger partial charge in [0.25, 0.3) is 0 Å². The number of nitrogens with one attached hydrogen (secondary N) is 2. The maximum Gasteiger partial charge on any atom is 0.230 e. The molecule has 2 N–H and O–H groups in total. The van der Waals surface area contributed by atoms with Crippen molar-refractivity contribution in [3.05, 3.63) is 0 Å². The van der Waals surface area contributed by atoms with E-state index in [-0.39, 0.29) is 21.0 Å². The Kier molecular flexibility index (Phi) is 9.66. The minimum Gasteiger partial charge on any atom is -0.340 e. The molecule has 0 fully saturated rings. The quantitative estimate of drug-likeness (QED) is 0.436. The highest BCUT2D eigenvalue weighted by Crippen LogP contribution is 1.94. The molecule has 5 heteroatoms. The number of likely N-dealkylation sites (N-methyl/N-ethyl adjacent to an activating group) is 2. The van der Waals surface area contributed by atoms with E-state index in [1.165, 1.54) is 6.92 Å². The molecule has 0 aliphatic rings. The van der Waals surface area contributed by atoms with Crippen molar-refractivity contribution in [1.82, 2.24) is 15.5 Å². The Labute approximate surface area is 107 Å². The van der Waals surface area contributed by atoms with Gasteiger partial charge < -0.3 is 15.5 Å². The number of hydrogen-bond acceptors (Lipinski definition) is 4. The van der Waals surface area contributed by atoms with Crippen LogP contribution in [0.15, 0.2) is 0 Å². The van der Waals surface area contributed by atoms with Crippen LogP contribution >= 0.6 is 0 Å². The van der Waals surface area contributed by atoms with Crippen LogP contribution in [0.3, 0.4) is 0 Å². The Balaban J connectivity index is -0.00000128. The van der Waals surface area contributed by atoms with Gasteiger partial charge in [0.15, 0.2) is 0 Å². The van der Waals surface area contributed by atoms with Crippen LogP contribution in [0.1, 0.15) is 30.0 Å². The first-order valence-electron chi connectivity index (χ1n) is 6.30. The van der Waals surface area contributed by atoms with Crippen LogP contribution in [-0.2, 0) is 9.59 Å². The van der Waals surface area contributed by atoms with Crippen molar-refractivity contribution in [2.45, 2.75) is 27.2 Å². The number of rotatable bonds is 10. The van der Waals surface area contributed by atoms with Gasteiger partial charge in [-0.05, 0) is 20.0 Å². The van der Waals surface area contributed by atoms with Crippen molar-refractivity contribution < 1.29 is 12.4 Å². The van der Waals surface area contributed by atoms with Crippen LogP contribution in [0.25, 0.3) is 0 Å². The molecule has 0 atom stereocenters. The van der Waals surface area contributed by atoms with E-state index in [1.54, 1.807) is 4.90 Å². The number of ketones is 1. The Morgan fingerprint density at radius 2 is 1.53 bits per heavy atom. The molecule has 0 aliphatic carbocycles. The van der Waals surface area contributed by atoms with Crippen LogP contribution in [0.4, 0.5) is 0 Å². The maximum atomic E-state index is 11.8. The van der Waals surface area contributed by atoms with Crippen LogP contribution < -0.4 is 10.6 Å². The van der Waals surface area contributed by atoms with E-state index in [2.05, 4.69) is 10.6 Å². The van der Waals surface area contributed by atoms with Gasteiger partial charge >= 0.3 is 0 Å². The highest BCUT2D eigenvalue weighted by atomic mass is 16.2. The predicted molar refractivity (Wildman–Crippen MR) is 73.2 cm³/mol. The van der Waals surface area contributed by atoms with Gasteiger partial charge in [0.2, 0.25) is 5.91 Å². The fourth-order valence-corrected chi connectivity index (χ4v) is 1.47. The Morgan fingerprint density at radius 3 is 1.88 bits per heavy atom. The summed E-state index contributed by atoms with van der Waals surface area (Å²) in [4.78, 5) is 24.5. The minimum absolute atomic E-state index is 0. The summed E-state index contributed by atoms with van der Waals surface area (Å²) in [6.45, 7) is 10.1. The van der Waals surface area contributed by atoms with E-state index in [0.717, 1.165) is 26.2 Å². The summed E-state index contributed by atoms with van der Waals surface area (Å²) in [5, 5.41) is 6.36. The van der Waals surface area contributed by atoms with Crippen LogP contribution in [0.5, 0.6) is 0 Å². The van der Waals surface area contributed by atoms with Gasteiger partial charge in [0.1, 0.15) is 5.78 Å². The SMILES string of the molecule is CCNCCN(CCNCC)C(=O)CC(C)=O.[HH].[HH]. The zero-order valence-corrected chi connectivity index (χ0v) is 11.2. The molecule has 104 valence electrons. The highest BCUT2D eigenvalue weighted by molar-refractivity contribution is 5.96. The summed E-state index contributed by atoms with van der Waals surface area (Å²) in [5.41, 5.74) is 0. The summed E-state index contributed by atoms with van der Waals surface area (Å²) in [5.74, 6) is -0.153. The van der Waals surface area contributed by atoms with E-state index >= 15 is 0 Å².